The van der Waals surface area contributed by atoms with Crippen LogP contribution in [0.4, 0.5) is 0 Å². The number of halogens is 2. The molecule has 3 rings (SSSR count). The van der Waals surface area contributed by atoms with Crippen molar-refractivity contribution in [3.8, 4) is 5.75 Å². The van der Waals surface area contributed by atoms with Gasteiger partial charge in [-0.1, -0.05) is 23.2 Å². The second-order valence-electron chi connectivity index (χ2n) is 6.87. The van der Waals surface area contributed by atoms with Crippen molar-refractivity contribution >= 4 is 44.9 Å². The van der Waals surface area contributed by atoms with Gasteiger partial charge < -0.3 is 14.4 Å². The summed E-state index contributed by atoms with van der Waals surface area (Å²) in [6.07, 6.45) is 2.16. The summed E-state index contributed by atoms with van der Waals surface area (Å²) in [5.41, 5.74) is 0.186. The van der Waals surface area contributed by atoms with Crippen LogP contribution in [0.5, 0.6) is 5.75 Å². The average molecular weight is 450 g/mol. The van der Waals surface area contributed by atoms with E-state index >= 15 is 0 Å². The van der Waals surface area contributed by atoms with Gasteiger partial charge in [0, 0.05) is 12.1 Å². The highest BCUT2D eigenvalue weighted by Gasteiger charge is 2.42. The summed E-state index contributed by atoms with van der Waals surface area (Å²) in [6.45, 7) is 1.59. The van der Waals surface area contributed by atoms with Crippen molar-refractivity contribution in [2.24, 2.45) is 0 Å². The number of esters is 1. The summed E-state index contributed by atoms with van der Waals surface area (Å²) >= 11 is 12.3. The van der Waals surface area contributed by atoms with Crippen LogP contribution in [0.1, 0.15) is 36.5 Å². The predicted molar refractivity (Wildman–Crippen MR) is 105 cm³/mol. The molecule has 154 valence electrons. The van der Waals surface area contributed by atoms with Crippen molar-refractivity contribution in [2.45, 2.75) is 38.3 Å². The minimum atomic E-state index is -3.10. The molecule has 7 nitrogen and oxygen atoms in total. The van der Waals surface area contributed by atoms with E-state index < -0.39 is 15.8 Å². The molecule has 2 fully saturated rings. The van der Waals surface area contributed by atoms with E-state index in [4.69, 9.17) is 32.7 Å². The van der Waals surface area contributed by atoms with E-state index in [0.717, 1.165) is 12.8 Å². The van der Waals surface area contributed by atoms with Crippen LogP contribution >= 0.6 is 23.2 Å². The summed E-state index contributed by atoms with van der Waals surface area (Å²) in [4.78, 5) is 26.2. The molecular weight excluding hydrogens is 429 g/mol. The largest absolute Gasteiger partial charge is 0.481 e. The Morgan fingerprint density at radius 3 is 2.29 bits per heavy atom. The SMILES string of the molecule is CCOC(=O)c1cc(Cl)c(OCC(=O)N(C2CC2)C2CCS(=O)(=O)C2)c(Cl)c1. The molecule has 1 saturated carbocycles. The molecule has 1 aliphatic heterocycles. The molecule has 28 heavy (non-hydrogen) atoms. The first kappa shape index (κ1) is 21.2. The Hall–Kier alpha value is -1.51. The maximum Gasteiger partial charge on any atom is 0.338 e. The highest BCUT2D eigenvalue weighted by atomic mass is 35.5. The second-order valence-corrected chi connectivity index (χ2v) is 9.91. The number of sulfone groups is 1. The summed E-state index contributed by atoms with van der Waals surface area (Å²) in [7, 11) is -3.10. The first-order chi connectivity index (χ1) is 13.2. The molecule has 0 spiro atoms. The molecule has 0 aromatic heterocycles. The van der Waals surface area contributed by atoms with Gasteiger partial charge in [0.25, 0.3) is 5.91 Å². The molecule has 0 radical (unpaired) electrons. The van der Waals surface area contributed by atoms with Gasteiger partial charge in [0.05, 0.1) is 33.7 Å². The Balaban J connectivity index is 1.69. The van der Waals surface area contributed by atoms with Gasteiger partial charge in [0.15, 0.2) is 22.2 Å². The summed E-state index contributed by atoms with van der Waals surface area (Å²) < 4.78 is 34.0. The van der Waals surface area contributed by atoms with E-state index in [1.165, 1.54) is 12.1 Å². The molecule has 0 bridgehead atoms. The molecular formula is C18H21Cl2NO6S. The van der Waals surface area contributed by atoms with Gasteiger partial charge in [0.2, 0.25) is 0 Å². The Kier molecular flexibility index (Phi) is 6.41. The third-order valence-corrected chi connectivity index (χ3v) is 6.99. The number of benzene rings is 1. The van der Waals surface area contributed by atoms with Crippen LogP contribution in [0.15, 0.2) is 12.1 Å². The van der Waals surface area contributed by atoms with E-state index in [9.17, 15) is 18.0 Å². The lowest BCUT2D eigenvalue weighted by Crippen LogP contribution is -2.45. The monoisotopic (exact) mass is 449 g/mol. The van der Waals surface area contributed by atoms with Crippen LogP contribution < -0.4 is 4.74 Å². The minimum absolute atomic E-state index is 0.00894. The maximum absolute atomic E-state index is 12.7. The van der Waals surface area contributed by atoms with Crippen LogP contribution in [-0.4, -0.2) is 62.0 Å². The molecule has 1 aliphatic carbocycles. The predicted octanol–water partition coefficient (Wildman–Crippen LogP) is 2.73. The van der Waals surface area contributed by atoms with E-state index in [0.29, 0.717) is 6.42 Å². The van der Waals surface area contributed by atoms with Crippen LogP contribution in [-0.2, 0) is 19.4 Å². The fraction of sp³-hybridized carbons (Fsp3) is 0.556. The Morgan fingerprint density at radius 2 is 1.79 bits per heavy atom. The molecule has 1 saturated heterocycles. The fourth-order valence-electron chi connectivity index (χ4n) is 3.29. The zero-order chi connectivity index (χ0) is 20.5. The Bertz CT molecular complexity index is 861. The van der Waals surface area contributed by atoms with E-state index in [2.05, 4.69) is 0 Å². The van der Waals surface area contributed by atoms with Crippen LogP contribution in [0, 0.1) is 0 Å². The zero-order valence-corrected chi connectivity index (χ0v) is 17.6. The number of amides is 1. The van der Waals surface area contributed by atoms with Crippen LogP contribution in [0.2, 0.25) is 10.0 Å². The topological polar surface area (TPSA) is 90.0 Å². The van der Waals surface area contributed by atoms with Crippen LogP contribution in [0.3, 0.4) is 0 Å². The van der Waals surface area contributed by atoms with Gasteiger partial charge in [-0.2, -0.15) is 0 Å². The molecule has 10 heteroatoms. The average Bonchev–Trinajstić information content (AvgIpc) is 3.37. The zero-order valence-electron chi connectivity index (χ0n) is 15.3. The molecule has 1 aromatic carbocycles. The van der Waals surface area contributed by atoms with Crippen molar-refractivity contribution < 1.29 is 27.5 Å². The van der Waals surface area contributed by atoms with E-state index in [-0.39, 0.29) is 64.1 Å². The highest BCUT2D eigenvalue weighted by molar-refractivity contribution is 7.91. The molecule has 1 heterocycles. The number of hydrogen-bond donors (Lipinski definition) is 0. The van der Waals surface area contributed by atoms with Crippen LogP contribution in [0.25, 0.3) is 0 Å². The highest BCUT2D eigenvalue weighted by Crippen LogP contribution is 2.36. The normalized spacial score (nSPS) is 20.6. The number of nitrogens with zero attached hydrogens (tertiary/aromatic N) is 1. The lowest BCUT2D eigenvalue weighted by atomic mass is 10.2. The number of carbonyl (C=O) groups is 2. The van der Waals surface area contributed by atoms with Crippen molar-refractivity contribution in [2.75, 3.05) is 24.7 Å². The smallest absolute Gasteiger partial charge is 0.338 e. The summed E-state index contributed by atoms with van der Waals surface area (Å²) in [5, 5.41) is 0.175. The van der Waals surface area contributed by atoms with E-state index in [1.54, 1.807) is 11.8 Å². The van der Waals surface area contributed by atoms with Gasteiger partial charge in [-0.15, -0.1) is 0 Å². The number of ether oxygens (including phenoxy) is 2. The molecule has 1 atom stereocenters. The minimum Gasteiger partial charge on any atom is -0.481 e. The summed E-state index contributed by atoms with van der Waals surface area (Å²) in [6, 6.07) is 2.48. The second kappa shape index (κ2) is 8.47. The van der Waals surface area contributed by atoms with Gasteiger partial charge in [-0.25, -0.2) is 13.2 Å². The van der Waals surface area contributed by atoms with E-state index in [1.807, 2.05) is 0 Å². The van der Waals surface area contributed by atoms with Gasteiger partial charge in [0.1, 0.15) is 0 Å². The molecule has 1 amide bonds. The van der Waals surface area contributed by atoms with Gasteiger partial charge in [-0.3, -0.25) is 4.79 Å². The van der Waals surface area contributed by atoms with Crippen molar-refractivity contribution in [3.63, 3.8) is 0 Å². The molecule has 2 aliphatic rings. The lowest BCUT2D eigenvalue weighted by Gasteiger charge is -2.28. The summed E-state index contributed by atoms with van der Waals surface area (Å²) in [5.74, 6) is -0.672. The maximum atomic E-state index is 12.7. The van der Waals surface area contributed by atoms with Crippen molar-refractivity contribution in [3.05, 3.63) is 27.7 Å². The van der Waals surface area contributed by atoms with Crippen molar-refractivity contribution in [1.29, 1.82) is 0 Å². The Labute approximate surface area is 173 Å². The number of rotatable bonds is 7. The first-order valence-corrected chi connectivity index (χ1v) is 11.6. The number of carbonyl (C=O) groups excluding carboxylic acids is 2. The third kappa shape index (κ3) is 4.90. The van der Waals surface area contributed by atoms with Crippen molar-refractivity contribution in [1.82, 2.24) is 4.90 Å². The quantitative estimate of drug-likeness (QED) is 0.594. The molecule has 1 unspecified atom stereocenters. The van der Waals surface area contributed by atoms with Gasteiger partial charge in [-0.05, 0) is 38.3 Å². The third-order valence-electron chi connectivity index (χ3n) is 4.68. The van der Waals surface area contributed by atoms with Gasteiger partial charge >= 0.3 is 5.97 Å². The lowest BCUT2D eigenvalue weighted by molar-refractivity contribution is -0.135. The molecule has 1 aromatic rings. The molecule has 0 N–H and O–H groups in total. The first-order valence-electron chi connectivity index (χ1n) is 9.02. The fourth-order valence-corrected chi connectivity index (χ4v) is 5.60. The Morgan fingerprint density at radius 1 is 1.14 bits per heavy atom. The standard InChI is InChI=1S/C18H21Cl2NO6S/c1-2-26-18(23)11-7-14(19)17(15(20)8-11)27-9-16(22)21(12-3-4-12)13-5-6-28(24,25)10-13/h7-8,12-13H,2-6,9-10H2,1H3. The number of hydrogen-bond acceptors (Lipinski definition) is 6.